The van der Waals surface area contributed by atoms with Crippen molar-refractivity contribution in [1.29, 1.82) is 0 Å². The Kier molecular flexibility index (Phi) is 3.44. The van der Waals surface area contributed by atoms with Crippen LogP contribution < -0.4 is 0 Å². The van der Waals surface area contributed by atoms with Gasteiger partial charge in [-0.15, -0.1) is 0 Å². The van der Waals surface area contributed by atoms with Crippen molar-refractivity contribution in [2.45, 2.75) is 51.4 Å². The van der Waals surface area contributed by atoms with Gasteiger partial charge in [0.2, 0.25) is 5.71 Å². The van der Waals surface area contributed by atoms with Crippen LogP contribution in [0.3, 0.4) is 0 Å². The van der Waals surface area contributed by atoms with Crippen LogP contribution in [0.1, 0.15) is 62.9 Å². The van der Waals surface area contributed by atoms with Gasteiger partial charge < -0.3 is 4.42 Å². The maximum absolute atomic E-state index is 6.08. The number of benzene rings is 1. The molecule has 4 heteroatoms. The summed E-state index contributed by atoms with van der Waals surface area (Å²) in [7, 11) is 0. The van der Waals surface area contributed by atoms with Crippen LogP contribution in [-0.4, -0.2) is 9.97 Å². The second kappa shape index (κ2) is 5.34. The zero-order valence-electron chi connectivity index (χ0n) is 12.9. The molecule has 0 aliphatic heterocycles. The van der Waals surface area contributed by atoms with E-state index >= 15 is 0 Å². The first-order valence-corrected chi connectivity index (χ1v) is 8.83. The molecule has 1 aliphatic carbocycles. The number of furan rings is 1. The predicted octanol–water partition coefficient (Wildman–Crippen LogP) is 5.92. The first-order chi connectivity index (χ1) is 10.6. The molecule has 0 radical (unpaired) electrons. The molecule has 0 bridgehead atoms. The molecule has 0 N–H and O–H groups in total. The lowest BCUT2D eigenvalue weighted by Crippen LogP contribution is -2.05. The summed E-state index contributed by atoms with van der Waals surface area (Å²) >= 11 is 3.59. The standard InChI is InChI=1S/C18H19BrN2O/c1-10(2)17-20-15(11-6-3-4-7-11)14-12-8-5-9-13(19)16(12)22-18(14)21-17/h5,8-11H,3-4,6-7H2,1-2H3. The molecule has 22 heavy (non-hydrogen) atoms. The minimum atomic E-state index is 0.307. The average molecular weight is 359 g/mol. The van der Waals surface area contributed by atoms with Crippen LogP contribution in [0.25, 0.3) is 22.1 Å². The molecular formula is C18H19BrN2O. The van der Waals surface area contributed by atoms with Gasteiger partial charge in [0, 0.05) is 17.2 Å². The summed E-state index contributed by atoms with van der Waals surface area (Å²) < 4.78 is 7.05. The Bertz CT molecular complexity index is 847. The molecule has 0 saturated heterocycles. The fraction of sp³-hybridized carbons (Fsp3) is 0.444. The molecular weight excluding hydrogens is 340 g/mol. The van der Waals surface area contributed by atoms with Gasteiger partial charge in [-0.2, -0.15) is 4.98 Å². The number of halogens is 1. The quantitative estimate of drug-likeness (QED) is 0.570. The van der Waals surface area contributed by atoms with Gasteiger partial charge in [0.05, 0.1) is 15.6 Å². The zero-order valence-corrected chi connectivity index (χ0v) is 14.5. The molecule has 1 saturated carbocycles. The van der Waals surface area contributed by atoms with Gasteiger partial charge >= 0.3 is 0 Å². The molecule has 2 aromatic heterocycles. The van der Waals surface area contributed by atoms with E-state index in [0.717, 1.165) is 32.4 Å². The maximum Gasteiger partial charge on any atom is 0.230 e. The van der Waals surface area contributed by atoms with E-state index in [2.05, 4.69) is 46.9 Å². The third kappa shape index (κ3) is 2.16. The minimum Gasteiger partial charge on any atom is -0.436 e. The molecule has 2 heterocycles. The lowest BCUT2D eigenvalue weighted by Gasteiger charge is -2.12. The molecule has 114 valence electrons. The molecule has 3 nitrogen and oxygen atoms in total. The van der Waals surface area contributed by atoms with Gasteiger partial charge in [0.25, 0.3) is 0 Å². The summed E-state index contributed by atoms with van der Waals surface area (Å²) in [6, 6.07) is 6.18. The number of aromatic nitrogens is 2. The fourth-order valence-electron chi connectivity index (χ4n) is 3.46. The topological polar surface area (TPSA) is 38.9 Å². The summed E-state index contributed by atoms with van der Waals surface area (Å²) in [6.45, 7) is 4.27. The number of para-hydroxylation sites is 1. The van der Waals surface area contributed by atoms with Crippen molar-refractivity contribution in [2.75, 3.05) is 0 Å². The third-order valence-corrected chi connectivity index (χ3v) is 5.24. The van der Waals surface area contributed by atoms with Gasteiger partial charge in [0.1, 0.15) is 5.82 Å². The molecule has 1 aliphatic rings. The van der Waals surface area contributed by atoms with E-state index < -0.39 is 0 Å². The normalized spacial score (nSPS) is 16.4. The van der Waals surface area contributed by atoms with E-state index in [4.69, 9.17) is 9.40 Å². The van der Waals surface area contributed by atoms with E-state index in [0.29, 0.717) is 11.8 Å². The highest BCUT2D eigenvalue weighted by atomic mass is 79.9. The molecule has 1 fully saturated rings. The van der Waals surface area contributed by atoms with Gasteiger partial charge in [0.15, 0.2) is 5.58 Å². The van der Waals surface area contributed by atoms with Crippen LogP contribution in [0.2, 0.25) is 0 Å². The Hall–Kier alpha value is -1.42. The largest absolute Gasteiger partial charge is 0.436 e. The Labute approximate surface area is 138 Å². The molecule has 4 rings (SSSR count). The van der Waals surface area contributed by atoms with E-state index in [-0.39, 0.29) is 0 Å². The van der Waals surface area contributed by atoms with Crippen molar-refractivity contribution in [3.8, 4) is 0 Å². The average Bonchev–Trinajstić information content (AvgIpc) is 3.14. The maximum atomic E-state index is 6.08. The van der Waals surface area contributed by atoms with Crippen molar-refractivity contribution in [3.63, 3.8) is 0 Å². The lowest BCUT2D eigenvalue weighted by atomic mass is 9.99. The SMILES string of the molecule is CC(C)c1nc(C2CCCC2)c2c(n1)oc1c(Br)cccc12. The van der Waals surface area contributed by atoms with Crippen molar-refractivity contribution in [3.05, 3.63) is 34.2 Å². The second-order valence-electron chi connectivity index (χ2n) is 6.50. The van der Waals surface area contributed by atoms with E-state index in [1.807, 2.05) is 6.07 Å². The number of hydrogen-bond donors (Lipinski definition) is 0. The number of fused-ring (bicyclic) bond motifs is 3. The molecule has 0 amide bonds. The highest BCUT2D eigenvalue weighted by molar-refractivity contribution is 9.10. The Morgan fingerprint density at radius 1 is 1.18 bits per heavy atom. The van der Waals surface area contributed by atoms with Crippen LogP contribution in [0.4, 0.5) is 0 Å². The number of rotatable bonds is 2. The van der Waals surface area contributed by atoms with Gasteiger partial charge in [-0.1, -0.05) is 38.8 Å². The molecule has 0 spiro atoms. The zero-order chi connectivity index (χ0) is 15.3. The van der Waals surface area contributed by atoms with Gasteiger partial charge in [-0.25, -0.2) is 4.98 Å². The van der Waals surface area contributed by atoms with Crippen LogP contribution in [0.15, 0.2) is 27.1 Å². The number of nitrogens with zero attached hydrogens (tertiary/aromatic N) is 2. The molecule has 1 aromatic carbocycles. The fourth-order valence-corrected chi connectivity index (χ4v) is 3.91. The minimum absolute atomic E-state index is 0.307. The van der Waals surface area contributed by atoms with Crippen LogP contribution in [0, 0.1) is 0 Å². The summed E-state index contributed by atoms with van der Waals surface area (Å²) in [5, 5.41) is 2.24. The highest BCUT2D eigenvalue weighted by Gasteiger charge is 2.25. The van der Waals surface area contributed by atoms with Crippen molar-refractivity contribution in [2.24, 2.45) is 0 Å². The van der Waals surface area contributed by atoms with E-state index in [1.165, 1.54) is 31.4 Å². The Morgan fingerprint density at radius 2 is 1.95 bits per heavy atom. The Balaban J connectivity index is 2.08. The predicted molar refractivity (Wildman–Crippen MR) is 92.3 cm³/mol. The van der Waals surface area contributed by atoms with Crippen molar-refractivity contribution < 1.29 is 4.42 Å². The third-order valence-electron chi connectivity index (χ3n) is 4.61. The van der Waals surface area contributed by atoms with Gasteiger partial charge in [-0.3, -0.25) is 0 Å². The van der Waals surface area contributed by atoms with Crippen LogP contribution in [-0.2, 0) is 0 Å². The Morgan fingerprint density at radius 3 is 2.68 bits per heavy atom. The van der Waals surface area contributed by atoms with Crippen LogP contribution in [0.5, 0.6) is 0 Å². The summed E-state index contributed by atoms with van der Waals surface area (Å²) in [5.41, 5.74) is 2.82. The first kappa shape index (κ1) is 14.2. The number of hydrogen-bond acceptors (Lipinski definition) is 3. The monoisotopic (exact) mass is 358 g/mol. The molecule has 0 unspecified atom stereocenters. The summed E-state index contributed by atoms with van der Waals surface area (Å²) in [4.78, 5) is 9.63. The lowest BCUT2D eigenvalue weighted by molar-refractivity contribution is 0.629. The van der Waals surface area contributed by atoms with E-state index in [1.54, 1.807) is 0 Å². The smallest absolute Gasteiger partial charge is 0.230 e. The first-order valence-electron chi connectivity index (χ1n) is 8.03. The van der Waals surface area contributed by atoms with E-state index in [9.17, 15) is 0 Å². The second-order valence-corrected chi connectivity index (χ2v) is 7.36. The van der Waals surface area contributed by atoms with Gasteiger partial charge in [-0.05, 0) is 34.8 Å². The highest BCUT2D eigenvalue weighted by Crippen LogP contribution is 2.41. The molecule has 0 atom stereocenters. The van der Waals surface area contributed by atoms with Crippen molar-refractivity contribution in [1.82, 2.24) is 9.97 Å². The van der Waals surface area contributed by atoms with Crippen molar-refractivity contribution >= 4 is 38.0 Å². The van der Waals surface area contributed by atoms with Crippen LogP contribution >= 0.6 is 15.9 Å². The summed E-state index contributed by atoms with van der Waals surface area (Å²) in [5.74, 6) is 1.74. The summed E-state index contributed by atoms with van der Waals surface area (Å²) in [6.07, 6.45) is 5.05. The molecule has 3 aromatic rings.